The number of unbranched alkanes of at least 4 members (excludes halogenated alkanes) is 1. The lowest BCUT2D eigenvalue weighted by Crippen LogP contribution is -2.74. The Labute approximate surface area is 243 Å². The Bertz CT molecular complexity index is 1310. The van der Waals surface area contributed by atoms with E-state index in [4.69, 9.17) is 4.74 Å². The van der Waals surface area contributed by atoms with Crippen LogP contribution in [0.4, 0.5) is 5.69 Å². The van der Waals surface area contributed by atoms with Crippen LogP contribution in [0.2, 0.25) is 0 Å². The van der Waals surface area contributed by atoms with E-state index in [0.717, 1.165) is 24.7 Å². The molecule has 2 fully saturated rings. The van der Waals surface area contributed by atoms with Crippen LogP contribution in [0.25, 0.3) is 0 Å². The van der Waals surface area contributed by atoms with Gasteiger partial charge in [-0.05, 0) is 67.1 Å². The van der Waals surface area contributed by atoms with E-state index in [1.54, 1.807) is 29.2 Å². The van der Waals surface area contributed by atoms with Gasteiger partial charge in [0.25, 0.3) is 0 Å². The number of carbonyl (C=O) groups excluding carboxylic acids is 2. The Balaban J connectivity index is 1.36. The minimum Gasteiger partial charge on any atom is -0.457 e. The molecule has 11 heteroatoms. The van der Waals surface area contributed by atoms with E-state index in [0.29, 0.717) is 56.2 Å². The Kier molecular flexibility index (Phi) is 9.61. The molecule has 2 aliphatic rings. The molecule has 0 radical (unpaired) electrons. The number of aliphatic hydroxyl groups excluding tert-OH is 1. The second-order valence-electron chi connectivity index (χ2n) is 11.5. The highest BCUT2D eigenvalue weighted by atomic mass is 32.2. The molecule has 1 spiro atoms. The molecular weight excluding hydrogens is 544 g/mol. The zero-order chi connectivity index (χ0) is 29.8. The highest BCUT2D eigenvalue weighted by Gasteiger charge is 2.54. The quantitative estimate of drug-likeness (QED) is 0.369. The number of piperidine rings is 1. The number of anilines is 1. The Hall–Kier alpha value is -3.15. The number of nitrogens with zero attached hydrogens (tertiary/aromatic N) is 2. The van der Waals surface area contributed by atoms with Crippen molar-refractivity contribution in [2.45, 2.75) is 70.7 Å². The lowest BCUT2D eigenvalue weighted by Gasteiger charge is -2.52. The first-order chi connectivity index (χ1) is 19.4. The summed E-state index contributed by atoms with van der Waals surface area (Å²) in [6.45, 7) is 8.33. The van der Waals surface area contributed by atoms with Crippen LogP contribution in [-0.2, 0) is 26.2 Å². The minimum absolute atomic E-state index is 0.144. The maximum atomic E-state index is 13.5. The van der Waals surface area contributed by atoms with Gasteiger partial charge in [0.05, 0.1) is 12.4 Å². The molecule has 224 valence electrons. The fourth-order valence-electron chi connectivity index (χ4n) is 5.54. The van der Waals surface area contributed by atoms with Crippen LogP contribution < -0.4 is 14.8 Å². The van der Waals surface area contributed by atoms with Crippen molar-refractivity contribution in [2.24, 2.45) is 5.92 Å². The molecular formula is C30H42N4O6S. The Morgan fingerprint density at radius 2 is 1.63 bits per heavy atom. The second-order valence-corrected chi connectivity index (χ2v) is 13.2. The van der Waals surface area contributed by atoms with Gasteiger partial charge in [0.15, 0.2) is 0 Å². The van der Waals surface area contributed by atoms with Crippen LogP contribution in [-0.4, -0.2) is 78.7 Å². The largest absolute Gasteiger partial charge is 0.457 e. The number of ether oxygens (including phenoxy) is 1. The summed E-state index contributed by atoms with van der Waals surface area (Å²) in [7, 11) is -3.34. The van der Waals surface area contributed by atoms with E-state index in [2.05, 4.69) is 21.9 Å². The third-order valence-corrected chi connectivity index (χ3v) is 8.53. The highest BCUT2D eigenvalue weighted by molar-refractivity contribution is 7.92. The second kappa shape index (κ2) is 12.8. The van der Waals surface area contributed by atoms with E-state index in [1.807, 2.05) is 38.1 Å². The molecule has 2 atom stereocenters. The van der Waals surface area contributed by atoms with Gasteiger partial charge >= 0.3 is 0 Å². The molecule has 10 nitrogen and oxygen atoms in total. The molecule has 3 N–H and O–H groups in total. The summed E-state index contributed by atoms with van der Waals surface area (Å²) < 4.78 is 31.1. The number of benzene rings is 2. The molecule has 2 saturated heterocycles. The van der Waals surface area contributed by atoms with Gasteiger partial charge in [-0.1, -0.05) is 39.3 Å². The first-order valence-corrected chi connectivity index (χ1v) is 16.2. The molecule has 2 aromatic rings. The van der Waals surface area contributed by atoms with Gasteiger partial charge in [0.1, 0.15) is 23.1 Å². The first kappa shape index (κ1) is 30.8. The zero-order valence-corrected chi connectivity index (χ0v) is 25.1. The summed E-state index contributed by atoms with van der Waals surface area (Å²) in [5.74, 6) is 0.782. The van der Waals surface area contributed by atoms with Gasteiger partial charge < -0.3 is 20.1 Å². The Morgan fingerprint density at radius 3 is 2.17 bits per heavy atom. The summed E-state index contributed by atoms with van der Waals surface area (Å²) in [6.07, 6.45) is 3.00. The van der Waals surface area contributed by atoms with Crippen LogP contribution in [0.1, 0.15) is 52.0 Å². The molecule has 2 amide bonds. The van der Waals surface area contributed by atoms with Crippen molar-refractivity contribution < 1.29 is 27.9 Å². The number of hydrogen-bond donors (Lipinski definition) is 3. The van der Waals surface area contributed by atoms with E-state index < -0.39 is 27.7 Å². The molecule has 0 bridgehead atoms. The van der Waals surface area contributed by atoms with Gasteiger partial charge in [-0.25, -0.2) is 8.42 Å². The third-order valence-electron chi connectivity index (χ3n) is 7.92. The first-order valence-electron chi connectivity index (χ1n) is 14.3. The summed E-state index contributed by atoms with van der Waals surface area (Å²) in [5.41, 5.74) is 0.697. The molecule has 0 unspecified atom stereocenters. The van der Waals surface area contributed by atoms with Crippen molar-refractivity contribution in [1.29, 1.82) is 0 Å². The molecule has 0 aromatic heterocycles. The Morgan fingerprint density at radius 1 is 1.05 bits per heavy atom. The number of piperazine rings is 1. The average Bonchev–Trinajstić information content (AvgIpc) is 2.93. The SMILES string of the molecule is CCCCN1C(=O)[C@H]([C@@H](O)C(C)C)NC(=O)C12CCN(Cc1ccc(Oc3ccc(NS(C)(=O)=O)cc3)cc1)CC2. The smallest absolute Gasteiger partial charge is 0.248 e. The van der Waals surface area contributed by atoms with Crippen molar-refractivity contribution in [2.75, 3.05) is 30.6 Å². The molecule has 2 heterocycles. The number of likely N-dealkylation sites (tertiary alicyclic amines) is 1. The predicted octanol–water partition coefficient (Wildman–Crippen LogP) is 3.33. The number of hydrogen-bond acceptors (Lipinski definition) is 7. The fourth-order valence-corrected chi connectivity index (χ4v) is 6.10. The molecule has 4 rings (SSSR count). The normalized spacial score (nSPS) is 20.2. The topological polar surface area (TPSA) is 128 Å². The molecule has 41 heavy (non-hydrogen) atoms. The van der Waals surface area contributed by atoms with E-state index in [9.17, 15) is 23.1 Å². The minimum atomic E-state index is -3.34. The van der Waals surface area contributed by atoms with Gasteiger partial charge in [0.2, 0.25) is 21.8 Å². The molecule has 2 aliphatic heterocycles. The summed E-state index contributed by atoms with van der Waals surface area (Å²) >= 11 is 0. The standard InChI is InChI=1S/C30H42N4O6S/c1-5-6-17-34-28(36)26(27(35)21(2)3)31-29(37)30(34)15-18-33(19-16-30)20-22-7-11-24(12-8-22)40-25-13-9-23(10-14-25)32-41(4,38)39/h7-14,21,26-27,32,35H,5-6,15-20H2,1-4H3,(H,31,37)/t26-,27-/m0/s1. The number of aliphatic hydroxyl groups is 1. The lowest BCUT2D eigenvalue weighted by atomic mass is 9.80. The van der Waals surface area contributed by atoms with Crippen LogP contribution in [0.15, 0.2) is 48.5 Å². The van der Waals surface area contributed by atoms with Crippen LogP contribution >= 0.6 is 0 Å². The van der Waals surface area contributed by atoms with Crippen molar-refractivity contribution in [3.63, 3.8) is 0 Å². The maximum Gasteiger partial charge on any atom is 0.248 e. The summed E-state index contributed by atoms with van der Waals surface area (Å²) in [5, 5.41) is 13.5. The number of nitrogens with one attached hydrogen (secondary N) is 2. The van der Waals surface area contributed by atoms with Gasteiger partial charge in [-0.3, -0.25) is 19.2 Å². The third kappa shape index (κ3) is 7.38. The van der Waals surface area contributed by atoms with Crippen LogP contribution in [0.5, 0.6) is 11.5 Å². The van der Waals surface area contributed by atoms with Crippen molar-refractivity contribution >= 4 is 27.5 Å². The summed E-state index contributed by atoms with van der Waals surface area (Å²) in [4.78, 5) is 31.0. The number of carbonyl (C=O) groups is 2. The fraction of sp³-hybridized carbons (Fsp3) is 0.533. The number of rotatable bonds is 11. The zero-order valence-electron chi connectivity index (χ0n) is 24.3. The summed E-state index contributed by atoms with van der Waals surface area (Å²) in [6, 6.07) is 13.6. The van der Waals surface area contributed by atoms with Crippen LogP contribution in [0, 0.1) is 5.92 Å². The number of sulfonamides is 1. The predicted molar refractivity (Wildman–Crippen MR) is 158 cm³/mol. The van der Waals surface area contributed by atoms with Gasteiger partial charge in [0, 0.05) is 31.9 Å². The van der Waals surface area contributed by atoms with E-state index in [-0.39, 0.29) is 17.7 Å². The number of amides is 2. The van der Waals surface area contributed by atoms with Crippen molar-refractivity contribution in [3.8, 4) is 11.5 Å². The lowest BCUT2D eigenvalue weighted by molar-refractivity contribution is -0.165. The highest BCUT2D eigenvalue weighted by Crippen LogP contribution is 2.35. The van der Waals surface area contributed by atoms with Crippen molar-refractivity contribution in [3.05, 3.63) is 54.1 Å². The van der Waals surface area contributed by atoms with Gasteiger partial charge in [-0.2, -0.15) is 0 Å². The van der Waals surface area contributed by atoms with E-state index in [1.165, 1.54) is 0 Å². The maximum absolute atomic E-state index is 13.5. The molecule has 0 aliphatic carbocycles. The average molecular weight is 587 g/mol. The van der Waals surface area contributed by atoms with Gasteiger partial charge in [-0.15, -0.1) is 0 Å². The van der Waals surface area contributed by atoms with E-state index >= 15 is 0 Å². The molecule has 2 aromatic carbocycles. The van der Waals surface area contributed by atoms with Crippen molar-refractivity contribution in [1.82, 2.24) is 15.1 Å². The monoisotopic (exact) mass is 586 g/mol. The van der Waals surface area contributed by atoms with Crippen LogP contribution in [0.3, 0.4) is 0 Å². The molecule has 0 saturated carbocycles.